The van der Waals surface area contributed by atoms with Crippen molar-refractivity contribution in [3.8, 4) is 0 Å². The summed E-state index contributed by atoms with van der Waals surface area (Å²) in [6.45, 7) is 10.8. The van der Waals surface area contributed by atoms with Crippen molar-refractivity contribution in [2.24, 2.45) is 0 Å². The van der Waals surface area contributed by atoms with E-state index in [-0.39, 0.29) is 5.97 Å². The van der Waals surface area contributed by atoms with E-state index in [0.717, 1.165) is 10.2 Å². The lowest BCUT2D eigenvalue weighted by Crippen LogP contribution is -2.24. The number of carbonyl (C=O) groups is 1. The van der Waals surface area contributed by atoms with Crippen LogP contribution in [0.1, 0.15) is 17.3 Å². The van der Waals surface area contributed by atoms with Gasteiger partial charge in [0.15, 0.2) is 0 Å². The van der Waals surface area contributed by atoms with Gasteiger partial charge < -0.3 is 9.64 Å². The normalized spacial score (nSPS) is 10.3. The summed E-state index contributed by atoms with van der Waals surface area (Å²) in [5.74, 6) is 0.348. The Morgan fingerprint density at radius 3 is 2.71 bits per heavy atom. The summed E-state index contributed by atoms with van der Waals surface area (Å²) >= 11 is 1.41. The van der Waals surface area contributed by atoms with Gasteiger partial charge in [-0.2, -0.15) is 0 Å². The molecule has 2 heterocycles. The maximum Gasteiger partial charge on any atom is 0.339 e. The second-order valence-electron chi connectivity index (χ2n) is 4.23. The Morgan fingerprint density at radius 1 is 1.38 bits per heavy atom. The lowest BCUT2D eigenvalue weighted by Gasteiger charge is -2.21. The highest BCUT2D eigenvalue weighted by atomic mass is 32.1. The largest absolute Gasteiger partial charge is 0.462 e. The molecule has 0 amide bonds. The molecule has 110 valence electrons. The SMILES string of the molecule is C=CCN(CC=C)c1ncnc2scc(C(=O)OCC)c12. The van der Waals surface area contributed by atoms with Gasteiger partial charge >= 0.3 is 5.97 Å². The lowest BCUT2D eigenvalue weighted by molar-refractivity contribution is 0.0529. The highest BCUT2D eigenvalue weighted by Gasteiger charge is 2.20. The molecule has 0 fully saturated rings. The van der Waals surface area contributed by atoms with Crippen molar-refractivity contribution >= 4 is 33.3 Å². The van der Waals surface area contributed by atoms with Gasteiger partial charge in [-0.05, 0) is 6.92 Å². The molecule has 0 N–H and O–H groups in total. The quantitative estimate of drug-likeness (QED) is 0.581. The minimum absolute atomic E-state index is 0.336. The molecule has 0 bridgehead atoms. The fourth-order valence-corrected chi connectivity index (χ4v) is 2.89. The van der Waals surface area contributed by atoms with Gasteiger partial charge in [0.05, 0.1) is 17.6 Å². The van der Waals surface area contributed by atoms with Crippen molar-refractivity contribution in [2.45, 2.75) is 6.92 Å². The van der Waals surface area contributed by atoms with E-state index >= 15 is 0 Å². The maximum atomic E-state index is 12.1. The van der Waals surface area contributed by atoms with Crippen LogP contribution in [-0.2, 0) is 4.74 Å². The zero-order chi connectivity index (χ0) is 15.2. The van der Waals surface area contributed by atoms with Crippen molar-refractivity contribution in [2.75, 3.05) is 24.6 Å². The van der Waals surface area contributed by atoms with E-state index < -0.39 is 0 Å². The molecule has 0 aromatic carbocycles. The molecular weight excluding hydrogens is 286 g/mol. The summed E-state index contributed by atoms with van der Waals surface area (Å²) in [5, 5.41) is 2.49. The molecule has 2 aromatic heterocycles. The maximum absolute atomic E-state index is 12.1. The van der Waals surface area contributed by atoms with E-state index in [9.17, 15) is 4.79 Å². The number of fused-ring (bicyclic) bond motifs is 1. The first-order valence-electron chi connectivity index (χ1n) is 6.59. The number of carbonyl (C=O) groups excluding carboxylic acids is 1. The fourth-order valence-electron chi connectivity index (χ4n) is 2.02. The Bertz CT molecular complexity index is 656. The van der Waals surface area contributed by atoms with Crippen LogP contribution in [0.4, 0.5) is 5.82 Å². The van der Waals surface area contributed by atoms with Gasteiger partial charge in [0, 0.05) is 18.5 Å². The van der Waals surface area contributed by atoms with E-state index in [4.69, 9.17) is 4.74 Å². The number of rotatable bonds is 7. The number of hydrogen-bond acceptors (Lipinski definition) is 6. The molecule has 5 nitrogen and oxygen atoms in total. The van der Waals surface area contributed by atoms with Crippen molar-refractivity contribution in [3.63, 3.8) is 0 Å². The van der Waals surface area contributed by atoms with Crippen LogP contribution in [-0.4, -0.2) is 35.6 Å². The first-order chi connectivity index (χ1) is 10.2. The second-order valence-corrected chi connectivity index (χ2v) is 5.09. The first-order valence-corrected chi connectivity index (χ1v) is 7.46. The number of nitrogens with zero attached hydrogens (tertiary/aromatic N) is 3. The topological polar surface area (TPSA) is 55.3 Å². The molecule has 6 heteroatoms. The van der Waals surface area contributed by atoms with Gasteiger partial charge in [-0.1, -0.05) is 12.2 Å². The predicted molar refractivity (Wildman–Crippen MR) is 86.0 cm³/mol. The van der Waals surface area contributed by atoms with Crippen molar-refractivity contribution in [3.05, 3.63) is 42.6 Å². The summed E-state index contributed by atoms with van der Waals surface area (Å²) in [7, 11) is 0. The number of aromatic nitrogens is 2. The zero-order valence-electron chi connectivity index (χ0n) is 11.9. The third-order valence-electron chi connectivity index (χ3n) is 2.84. The number of hydrogen-bond donors (Lipinski definition) is 0. The van der Waals surface area contributed by atoms with Crippen molar-refractivity contribution in [1.29, 1.82) is 0 Å². The van der Waals surface area contributed by atoms with E-state index in [1.54, 1.807) is 24.5 Å². The summed E-state index contributed by atoms with van der Waals surface area (Å²) in [6.07, 6.45) is 5.07. The van der Waals surface area contributed by atoms with Crippen LogP contribution in [0.5, 0.6) is 0 Å². The fraction of sp³-hybridized carbons (Fsp3) is 0.267. The number of anilines is 1. The van der Waals surface area contributed by atoms with E-state index in [2.05, 4.69) is 23.1 Å². The third kappa shape index (κ3) is 3.11. The van der Waals surface area contributed by atoms with Crippen LogP contribution >= 0.6 is 11.3 Å². The molecule has 0 spiro atoms. The molecule has 0 unspecified atom stereocenters. The lowest BCUT2D eigenvalue weighted by atomic mass is 10.2. The molecule has 0 aliphatic rings. The summed E-state index contributed by atoms with van der Waals surface area (Å²) in [5.41, 5.74) is 0.505. The minimum atomic E-state index is -0.350. The van der Waals surface area contributed by atoms with Crippen LogP contribution < -0.4 is 4.90 Å². The molecule has 0 aliphatic heterocycles. The van der Waals surface area contributed by atoms with E-state index in [1.807, 2.05) is 4.90 Å². The third-order valence-corrected chi connectivity index (χ3v) is 3.73. The number of thiophene rings is 1. The molecule has 0 aliphatic carbocycles. The average molecular weight is 303 g/mol. The van der Waals surface area contributed by atoms with Crippen LogP contribution in [0, 0.1) is 0 Å². The van der Waals surface area contributed by atoms with Crippen LogP contribution in [0.15, 0.2) is 37.0 Å². The Kier molecular flexibility index (Phi) is 5.05. The minimum Gasteiger partial charge on any atom is -0.462 e. The second kappa shape index (κ2) is 6.99. The Balaban J connectivity index is 2.56. The van der Waals surface area contributed by atoms with Gasteiger partial charge in [0.2, 0.25) is 0 Å². The van der Waals surface area contributed by atoms with Crippen molar-refractivity contribution < 1.29 is 9.53 Å². The van der Waals surface area contributed by atoms with E-state index in [1.165, 1.54) is 17.7 Å². The van der Waals surface area contributed by atoms with Gasteiger partial charge in [0.25, 0.3) is 0 Å². The number of ether oxygens (including phenoxy) is 1. The molecule has 2 rings (SSSR count). The monoisotopic (exact) mass is 303 g/mol. The molecule has 0 saturated carbocycles. The van der Waals surface area contributed by atoms with E-state index in [0.29, 0.717) is 31.1 Å². The van der Waals surface area contributed by atoms with Gasteiger partial charge in [-0.15, -0.1) is 24.5 Å². The summed E-state index contributed by atoms with van der Waals surface area (Å²) in [6, 6.07) is 0. The van der Waals surface area contributed by atoms with Gasteiger partial charge in [-0.3, -0.25) is 0 Å². The first kappa shape index (κ1) is 15.2. The highest BCUT2D eigenvalue weighted by Crippen LogP contribution is 2.31. The zero-order valence-corrected chi connectivity index (χ0v) is 12.7. The summed E-state index contributed by atoms with van der Waals surface area (Å²) < 4.78 is 5.10. The smallest absolute Gasteiger partial charge is 0.339 e. The Labute approximate surface area is 127 Å². The molecule has 0 saturated heterocycles. The standard InChI is InChI=1S/C15H17N3O2S/c1-4-7-18(8-5-2)13-12-11(15(19)20-6-3)9-21-14(12)17-10-16-13/h4-5,9-10H,1-2,6-8H2,3H3. The Hall–Kier alpha value is -2.21. The highest BCUT2D eigenvalue weighted by molar-refractivity contribution is 7.17. The number of esters is 1. The van der Waals surface area contributed by atoms with Gasteiger partial charge in [0.1, 0.15) is 17.0 Å². The Morgan fingerprint density at radius 2 is 2.10 bits per heavy atom. The molecule has 0 atom stereocenters. The molecule has 21 heavy (non-hydrogen) atoms. The predicted octanol–water partition coefficient (Wildman–Crippen LogP) is 3.05. The summed E-state index contributed by atoms with van der Waals surface area (Å²) in [4.78, 5) is 23.4. The van der Waals surface area contributed by atoms with Gasteiger partial charge in [-0.25, -0.2) is 14.8 Å². The molecule has 0 radical (unpaired) electrons. The molecule has 2 aromatic rings. The van der Waals surface area contributed by atoms with Crippen LogP contribution in [0.2, 0.25) is 0 Å². The average Bonchev–Trinajstić information content (AvgIpc) is 2.91. The van der Waals surface area contributed by atoms with Crippen LogP contribution in [0.25, 0.3) is 10.2 Å². The molecular formula is C15H17N3O2S. The van der Waals surface area contributed by atoms with Crippen molar-refractivity contribution in [1.82, 2.24) is 9.97 Å². The van der Waals surface area contributed by atoms with Crippen LogP contribution in [0.3, 0.4) is 0 Å².